The van der Waals surface area contributed by atoms with Crippen LogP contribution in [0.1, 0.15) is 24.5 Å². The molecule has 1 unspecified atom stereocenters. The highest BCUT2D eigenvalue weighted by Gasteiger charge is 2.34. The first-order valence-corrected chi connectivity index (χ1v) is 12.0. The molecule has 2 aliphatic rings. The molecule has 0 aromatic heterocycles. The Bertz CT molecular complexity index is 1090. The predicted octanol–water partition coefficient (Wildman–Crippen LogP) is 4.28. The van der Waals surface area contributed by atoms with E-state index < -0.39 is 22.7 Å². The van der Waals surface area contributed by atoms with Crippen molar-refractivity contribution in [3.63, 3.8) is 0 Å². The Hall–Kier alpha value is -2.62. The molecule has 1 fully saturated rings. The van der Waals surface area contributed by atoms with Gasteiger partial charge in [0.2, 0.25) is 11.8 Å². The van der Waals surface area contributed by atoms with Crippen molar-refractivity contribution >= 4 is 34.8 Å². The molecule has 0 aliphatic carbocycles. The van der Waals surface area contributed by atoms with Gasteiger partial charge < -0.3 is 10.2 Å². The number of hydrogen-bond acceptors (Lipinski definition) is 4. The zero-order valence-corrected chi connectivity index (χ0v) is 20.2. The third kappa shape index (κ3) is 5.97. The van der Waals surface area contributed by atoms with Gasteiger partial charge >= 0.3 is 6.18 Å². The lowest BCUT2D eigenvalue weighted by atomic mass is 10.0. The number of carbonyl (C=O) groups excluding carboxylic acids is 2. The second-order valence-corrected chi connectivity index (χ2v) is 9.36. The first kappa shape index (κ1) is 25.5. The van der Waals surface area contributed by atoms with Crippen LogP contribution in [-0.4, -0.2) is 66.9 Å². The summed E-state index contributed by atoms with van der Waals surface area (Å²) in [4.78, 5) is 31.6. The normalized spacial score (nSPS) is 18.1. The highest BCUT2D eigenvalue weighted by molar-refractivity contribution is 6.31. The number of para-hydroxylation sites is 1. The average Bonchev–Trinajstić information content (AvgIpc) is 2.83. The number of nitrogens with one attached hydrogen (secondary N) is 1. The molecule has 6 nitrogen and oxygen atoms in total. The minimum Gasteiger partial charge on any atom is -0.325 e. The number of carbonyl (C=O) groups is 2. The van der Waals surface area contributed by atoms with Gasteiger partial charge in [-0.25, -0.2) is 0 Å². The van der Waals surface area contributed by atoms with Crippen molar-refractivity contribution in [3.05, 3.63) is 58.6 Å². The van der Waals surface area contributed by atoms with E-state index in [1.165, 1.54) is 11.6 Å². The highest BCUT2D eigenvalue weighted by Crippen LogP contribution is 2.36. The Kier molecular flexibility index (Phi) is 7.68. The van der Waals surface area contributed by atoms with Gasteiger partial charge in [-0.2, -0.15) is 13.2 Å². The standard InChI is InChI=1S/C25H28ClF3N4O2/c1-17(24(35)33-10-4-6-18-5-2-3-7-22(18)33)32-13-11-31(12-14-32)16-23(34)30-19-8-9-21(26)20(15-19)25(27,28)29/h2-3,5,7-9,15,17H,4,6,10-14,16H2,1H3,(H,30,34). The van der Waals surface area contributed by atoms with Crippen LogP contribution in [0.3, 0.4) is 0 Å². The molecule has 10 heteroatoms. The summed E-state index contributed by atoms with van der Waals surface area (Å²) in [6.45, 7) is 5.08. The van der Waals surface area contributed by atoms with Gasteiger partial charge in [0, 0.05) is 44.1 Å². The first-order chi connectivity index (χ1) is 16.6. The molecule has 2 amide bonds. The molecule has 1 saturated heterocycles. The Morgan fingerprint density at radius 3 is 2.49 bits per heavy atom. The monoisotopic (exact) mass is 508 g/mol. The largest absolute Gasteiger partial charge is 0.417 e. The van der Waals surface area contributed by atoms with Crippen molar-refractivity contribution in [2.45, 2.75) is 32.0 Å². The first-order valence-electron chi connectivity index (χ1n) is 11.7. The maximum atomic E-state index is 13.3. The third-order valence-electron chi connectivity index (χ3n) is 6.61. The third-order valence-corrected chi connectivity index (χ3v) is 6.94. The average molecular weight is 509 g/mol. The van der Waals surface area contributed by atoms with E-state index in [0.717, 1.165) is 30.7 Å². The number of rotatable bonds is 5. The summed E-state index contributed by atoms with van der Waals surface area (Å²) < 4.78 is 39.2. The maximum absolute atomic E-state index is 13.3. The van der Waals surface area contributed by atoms with E-state index >= 15 is 0 Å². The fourth-order valence-corrected chi connectivity index (χ4v) is 4.90. The van der Waals surface area contributed by atoms with Gasteiger partial charge in [0.05, 0.1) is 23.2 Å². The molecule has 0 saturated carbocycles. The van der Waals surface area contributed by atoms with Gasteiger partial charge in [-0.15, -0.1) is 0 Å². The molecule has 2 aliphatic heterocycles. The van der Waals surface area contributed by atoms with E-state index in [2.05, 4.69) is 16.3 Å². The molecule has 0 spiro atoms. The molecule has 4 rings (SSSR count). The Labute approximate surface area is 207 Å². The van der Waals surface area contributed by atoms with E-state index in [1.54, 1.807) is 0 Å². The lowest BCUT2D eigenvalue weighted by Crippen LogP contribution is -2.56. The summed E-state index contributed by atoms with van der Waals surface area (Å²) in [6.07, 6.45) is -2.68. The number of piperazine rings is 1. The van der Waals surface area contributed by atoms with Gasteiger partial charge in [0.1, 0.15) is 0 Å². The smallest absolute Gasteiger partial charge is 0.325 e. The number of aryl methyl sites for hydroxylation is 1. The van der Waals surface area contributed by atoms with Crippen LogP contribution >= 0.6 is 11.6 Å². The van der Waals surface area contributed by atoms with Crippen molar-refractivity contribution in [1.82, 2.24) is 9.80 Å². The topological polar surface area (TPSA) is 55.9 Å². The molecule has 2 aromatic rings. The molecule has 35 heavy (non-hydrogen) atoms. The molecule has 2 aromatic carbocycles. The Morgan fingerprint density at radius 2 is 1.77 bits per heavy atom. The van der Waals surface area contributed by atoms with Crippen LogP contribution in [0, 0.1) is 0 Å². The zero-order valence-electron chi connectivity index (χ0n) is 19.4. The maximum Gasteiger partial charge on any atom is 0.417 e. The van der Waals surface area contributed by atoms with Gasteiger partial charge in [0.25, 0.3) is 0 Å². The summed E-state index contributed by atoms with van der Waals surface area (Å²) in [7, 11) is 0. The quantitative estimate of drug-likeness (QED) is 0.655. The van der Waals surface area contributed by atoms with Crippen LogP contribution in [-0.2, 0) is 22.2 Å². The number of alkyl halides is 3. The molecule has 0 radical (unpaired) electrons. The van der Waals surface area contributed by atoms with Gasteiger partial charge in [0.15, 0.2) is 0 Å². The fourth-order valence-electron chi connectivity index (χ4n) is 4.68. The number of halogens is 4. The van der Waals surface area contributed by atoms with Crippen LogP contribution < -0.4 is 10.2 Å². The number of amides is 2. The number of nitrogens with zero attached hydrogens (tertiary/aromatic N) is 3. The van der Waals surface area contributed by atoms with Gasteiger partial charge in [-0.3, -0.25) is 19.4 Å². The zero-order chi connectivity index (χ0) is 25.2. The second kappa shape index (κ2) is 10.6. The highest BCUT2D eigenvalue weighted by atomic mass is 35.5. The molecule has 0 bridgehead atoms. The fraction of sp³-hybridized carbons (Fsp3) is 0.440. The minimum absolute atomic E-state index is 0.0476. The van der Waals surface area contributed by atoms with E-state index in [0.29, 0.717) is 32.7 Å². The summed E-state index contributed by atoms with van der Waals surface area (Å²) in [5.41, 5.74) is 1.24. The molecule has 2 heterocycles. The van der Waals surface area contributed by atoms with Crippen molar-refractivity contribution in [2.75, 3.05) is 49.5 Å². The Morgan fingerprint density at radius 1 is 1.06 bits per heavy atom. The molecule has 1 atom stereocenters. The SMILES string of the molecule is CC(C(=O)N1CCCc2ccccc21)N1CCN(CC(=O)Nc2ccc(Cl)c(C(F)(F)F)c2)CC1. The summed E-state index contributed by atoms with van der Waals surface area (Å²) >= 11 is 5.64. The van der Waals surface area contributed by atoms with Crippen LogP contribution in [0.5, 0.6) is 0 Å². The van der Waals surface area contributed by atoms with E-state index in [4.69, 9.17) is 11.6 Å². The molecular weight excluding hydrogens is 481 g/mol. The van der Waals surface area contributed by atoms with Crippen molar-refractivity contribution in [2.24, 2.45) is 0 Å². The van der Waals surface area contributed by atoms with Crippen LogP contribution in [0.25, 0.3) is 0 Å². The number of anilines is 2. The molecule has 188 valence electrons. The lowest BCUT2D eigenvalue weighted by Gasteiger charge is -2.39. The number of hydrogen-bond donors (Lipinski definition) is 1. The van der Waals surface area contributed by atoms with Crippen molar-refractivity contribution in [3.8, 4) is 0 Å². The number of fused-ring (bicyclic) bond motifs is 1. The van der Waals surface area contributed by atoms with Gasteiger partial charge in [-0.1, -0.05) is 29.8 Å². The number of benzene rings is 2. The summed E-state index contributed by atoms with van der Waals surface area (Å²) in [5, 5.41) is 2.11. The molecular formula is C25H28ClF3N4O2. The minimum atomic E-state index is -4.60. The lowest BCUT2D eigenvalue weighted by molar-refractivity contribution is -0.137. The second-order valence-electron chi connectivity index (χ2n) is 8.95. The van der Waals surface area contributed by atoms with Crippen LogP contribution in [0.4, 0.5) is 24.5 Å². The van der Waals surface area contributed by atoms with Crippen LogP contribution in [0.2, 0.25) is 5.02 Å². The summed E-state index contributed by atoms with van der Waals surface area (Å²) in [6, 6.07) is 11.0. The Balaban J connectivity index is 1.29. The molecule has 1 N–H and O–H groups in total. The van der Waals surface area contributed by atoms with E-state index in [-0.39, 0.29) is 24.2 Å². The van der Waals surface area contributed by atoms with Crippen LogP contribution in [0.15, 0.2) is 42.5 Å². The van der Waals surface area contributed by atoms with Crippen molar-refractivity contribution in [1.29, 1.82) is 0 Å². The van der Waals surface area contributed by atoms with E-state index in [1.807, 2.05) is 34.9 Å². The van der Waals surface area contributed by atoms with Crippen molar-refractivity contribution < 1.29 is 22.8 Å². The predicted molar refractivity (Wildman–Crippen MR) is 130 cm³/mol. The summed E-state index contributed by atoms with van der Waals surface area (Å²) in [5.74, 6) is -0.325. The van der Waals surface area contributed by atoms with E-state index in [9.17, 15) is 22.8 Å². The van der Waals surface area contributed by atoms with Gasteiger partial charge in [-0.05, 0) is 49.6 Å².